The third kappa shape index (κ3) is 2.71. The minimum Gasteiger partial charge on any atom is -0.391 e. The number of hydrogen-bond donors (Lipinski definition) is 2. The van der Waals surface area contributed by atoms with Crippen LogP contribution in [0, 0.1) is 21.7 Å². The average Bonchev–Trinajstić information content (AvgIpc) is 2.86. The van der Waals surface area contributed by atoms with Crippen LogP contribution in [0.2, 0.25) is 0 Å². The van der Waals surface area contributed by atoms with Gasteiger partial charge < -0.3 is 15.4 Å². The molecule has 0 saturated carbocycles. The Kier molecular flexibility index (Phi) is 3.91. The van der Waals surface area contributed by atoms with E-state index in [4.69, 9.17) is 10.3 Å². The van der Waals surface area contributed by atoms with Gasteiger partial charge in [0.05, 0.1) is 11.0 Å². The summed E-state index contributed by atoms with van der Waals surface area (Å²) in [6.07, 6.45) is -1.03. The van der Waals surface area contributed by atoms with Crippen LogP contribution in [0.15, 0.2) is 16.7 Å². The van der Waals surface area contributed by atoms with Gasteiger partial charge in [-0.1, -0.05) is 5.16 Å². The lowest BCUT2D eigenvalue weighted by molar-refractivity contribution is -0.387. The molecule has 2 rings (SSSR count). The summed E-state index contributed by atoms with van der Waals surface area (Å²) in [6.45, 7) is 1.36. The van der Waals surface area contributed by atoms with Crippen LogP contribution in [0.1, 0.15) is 18.9 Å². The van der Waals surface area contributed by atoms with E-state index < -0.39 is 45.8 Å². The SMILES string of the molecule is C[C@@H](O)[C@H](N)c1nc(-c2c(F)ccc([N+](=O)[O-])c2F)no1. The number of aliphatic hydroxyl groups excluding tert-OH is 1. The summed E-state index contributed by atoms with van der Waals surface area (Å²) < 4.78 is 32.3. The molecule has 0 unspecified atom stereocenters. The maximum absolute atomic E-state index is 14.0. The largest absolute Gasteiger partial charge is 0.391 e. The van der Waals surface area contributed by atoms with Crippen molar-refractivity contribution < 1.29 is 23.3 Å². The van der Waals surface area contributed by atoms with Gasteiger partial charge in [-0.2, -0.15) is 9.37 Å². The molecule has 8 nitrogen and oxygen atoms in total. The lowest BCUT2D eigenvalue weighted by Crippen LogP contribution is -2.23. The van der Waals surface area contributed by atoms with E-state index in [9.17, 15) is 24.0 Å². The number of aliphatic hydroxyl groups is 1. The molecule has 0 bridgehead atoms. The monoisotopic (exact) mass is 300 g/mol. The topological polar surface area (TPSA) is 128 Å². The van der Waals surface area contributed by atoms with Crippen molar-refractivity contribution in [2.24, 2.45) is 5.73 Å². The zero-order chi connectivity index (χ0) is 15.7. The van der Waals surface area contributed by atoms with E-state index in [0.717, 1.165) is 6.07 Å². The summed E-state index contributed by atoms with van der Waals surface area (Å²) in [7, 11) is 0. The molecule has 0 aliphatic rings. The number of nitrogens with zero attached hydrogens (tertiary/aromatic N) is 3. The van der Waals surface area contributed by atoms with Gasteiger partial charge in [0, 0.05) is 6.07 Å². The highest BCUT2D eigenvalue weighted by atomic mass is 19.1. The van der Waals surface area contributed by atoms with E-state index >= 15 is 0 Å². The minimum absolute atomic E-state index is 0.245. The summed E-state index contributed by atoms with van der Waals surface area (Å²) in [6, 6.07) is 0.369. The number of aromatic nitrogens is 2. The van der Waals surface area contributed by atoms with Crippen LogP contribution < -0.4 is 5.73 Å². The molecule has 10 heteroatoms. The normalized spacial score (nSPS) is 14.0. The molecule has 2 aromatic rings. The average molecular weight is 300 g/mol. The zero-order valence-electron chi connectivity index (χ0n) is 10.7. The summed E-state index contributed by atoms with van der Waals surface area (Å²) in [4.78, 5) is 13.3. The number of rotatable bonds is 4. The molecule has 1 aromatic heterocycles. The standard InChI is InChI=1S/C11H10F2N4O4/c1-4(18)9(14)11-15-10(16-21-11)7-5(12)2-3-6(8(7)13)17(19)20/h2-4,9,18H,14H2,1H3/t4-,9+/m1/s1. The van der Waals surface area contributed by atoms with Crippen molar-refractivity contribution in [2.45, 2.75) is 19.1 Å². The van der Waals surface area contributed by atoms with Gasteiger partial charge in [-0.15, -0.1) is 0 Å². The first-order valence-corrected chi connectivity index (χ1v) is 5.73. The number of nitro groups is 1. The number of benzene rings is 1. The van der Waals surface area contributed by atoms with Crippen molar-refractivity contribution in [2.75, 3.05) is 0 Å². The van der Waals surface area contributed by atoms with E-state index in [1.807, 2.05) is 0 Å². The highest BCUT2D eigenvalue weighted by Crippen LogP contribution is 2.30. The van der Waals surface area contributed by atoms with E-state index in [-0.39, 0.29) is 5.89 Å². The quantitative estimate of drug-likeness (QED) is 0.643. The number of hydrogen-bond acceptors (Lipinski definition) is 7. The van der Waals surface area contributed by atoms with E-state index in [0.29, 0.717) is 6.07 Å². The third-order valence-corrected chi connectivity index (χ3v) is 2.74. The van der Waals surface area contributed by atoms with Crippen molar-refractivity contribution in [1.29, 1.82) is 0 Å². The molecule has 0 radical (unpaired) electrons. The van der Waals surface area contributed by atoms with Gasteiger partial charge in [0.2, 0.25) is 17.5 Å². The molecular weight excluding hydrogens is 290 g/mol. The predicted molar refractivity (Wildman–Crippen MR) is 64.9 cm³/mol. The van der Waals surface area contributed by atoms with Gasteiger partial charge in [-0.3, -0.25) is 10.1 Å². The highest BCUT2D eigenvalue weighted by molar-refractivity contribution is 5.61. The van der Waals surface area contributed by atoms with Crippen molar-refractivity contribution >= 4 is 5.69 Å². The second-order valence-electron chi connectivity index (χ2n) is 4.24. The number of nitrogens with two attached hydrogens (primary N) is 1. The van der Waals surface area contributed by atoms with Crippen molar-refractivity contribution in [3.63, 3.8) is 0 Å². The van der Waals surface area contributed by atoms with E-state index in [1.54, 1.807) is 0 Å². The fraction of sp³-hybridized carbons (Fsp3) is 0.273. The fourth-order valence-corrected chi connectivity index (χ4v) is 1.57. The Labute approximate surface area is 116 Å². The van der Waals surface area contributed by atoms with Crippen LogP contribution in [0.3, 0.4) is 0 Å². The van der Waals surface area contributed by atoms with Crippen molar-refractivity contribution in [3.8, 4) is 11.4 Å². The first kappa shape index (κ1) is 14.9. The summed E-state index contributed by atoms with van der Waals surface area (Å²) in [5.74, 6) is -3.28. The lowest BCUT2D eigenvalue weighted by atomic mass is 10.1. The number of nitro benzene ring substituents is 1. The van der Waals surface area contributed by atoms with E-state index in [2.05, 4.69) is 10.1 Å². The molecule has 0 spiro atoms. The van der Waals surface area contributed by atoms with Gasteiger partial charge in [0.15, 0.2) is 0 Å². The van der Waals surface area contributed by atoms with Crippen LogP contribution in [-0.4, -0.2) is 26.3 Å². The molecule has 21 heavy (non-hydrogen) atoms. The summed E-state index contributed by atoms with van der Waals surface area (Å²) >= 11 is 0. The van der Waals surface area contributed by atoms with Crippen molar-refractivity contribution in [1.82, 2.24) is 10.1 Å². The molecule has 112 valence electrons. The Morgan fingerprint density at radius 1 is 1.48 bits per heavy atom. The Hall–Kier alpha value is -2.46. The Balaban J connectivity index is 2.52. The summed E-state index contributed by atoms with van der Waals surface area (Å²) in [5.41, 5.74) is 3.83. The van der Waals surface area contributed by atoms with Crippen LogP contribution in [0.4, 0.5) is 14.5 Å². The first-order valence-electron chi connectivity index (χ1n) is 5.73. The molecular formula is C11H10F2N4O4. The maximum Gasteiger partial charge on any atom is 0.305 e. The Bertz CT molecular complexity index is 689. The molecule has 1 aromatic carbocycles. The lowest BCUT2D eigenvalue weighted by Gasteiger charge is -2.08. The highest BCUT2D eigenvalue weighted by Gasteiger charge is 2.27. The minimum atomic E-state index is -1.42. The molecule has 3 N–H and O–H groups in total. The van der Waals surface area contributed by atoms with Gasteiger partial charge in [-0.05, 0) is 13.0 Å². The third-order valence-electron chi connectivity index (χ3n) is 2.74. The summed E-state index contributed by atoms with van der Waals surface area (Å²) in [5, 5.41) is 23.3. The predicted octanol–water partition coefficient (Wildman–Crippen LogP) is 1.30. The van der Waals surface area contributed by atoms with Gasteiger partial charge in [0.1, 0.15) is 17.4 Å². The molecule has 0 aliphatic heterocycles. The number of halogens is 2. The first-order chi connectivity index (χ1) is 9.82. The smallest absolute Gasteiger partial charge is 0.305 e. The van der Waals surface area contributed by atoms with Crippen LogP contribution in [0.5, 0.6) is 0 Å². The molecule has 0 fully saturated rings. The molecule has 0 amide bonds. The Morgan fingerprint density at radius 3 is 2.71 bits per heavy atom. The van der Waals surface area contributed by atoms with E-state index in [1.165, 1.54) is 6.92 Å². The fourth-order valence-electron chi connectivity index (χ4n) is 1.57. The van der Waals surface area contributed by atoms with Gasteiger partial charge in [-0.25, -0.2) is 4.39 Å². The van der Waals surface area contributed by atoms with Crippen LogP contribution in [-0.2, 0) is 0 Å². The van der Waals surface area contributed by atoms with Crippen LogP contribution >= 0.6 is 0 Å². The second-order valence-corrected chi connectivity index (χ2v) is 4.24. The second kappa shape index (κ2) is 5.50. The zero-order valence-corrected chi connectivity index (χ0v) is 10.7. The Morgan fingerprint density at radius 2 is 2.14 bits per heavy atom. The van der Waals surface area contributed by atoms with Crippen LogP contribution in [0.25, 0.3) is 11.4 Å². The molecule has 0 saturated heterocycles. The van der Waals surface area contributed by atoms with Crippen molar-refractivity contribution in [3.05, 3.63) is 39.8 Å². The molecule has 1 heterocycles. The van der Waals surface area contributed by atoms with Gasteiger partial charge in [0.25, 0.3) is 0 Å². The van der Waals surface area contributed by atoms with Gasteiger partial charge >= 0.3 is 5.69 Å². The molecule has 0 aliphatic carbocycles. The maximum atomic E-state index is 14.0. The molecule has 2 atom stereocenters.